The molecule has 0 fully saturated rings. The molecule has 0 atom stereocenters. The normalized spacial score (nSPS) is 13.3. The van der Waals surface area contributed by atoms with Crippen molar-refractivity contribution in [3.05, 3.63) is 40.2 Å². The van der Waals surface area contributed by atoms with E-state index in [1.165, 1.54) is 23.9 Å². The zero-order valence-corrected chi connectivity index (χ0v) is 11.5. The minimum absolute atomic E-state index is 0.289. The number of carbonyl (C=O) groups excluding carboxylic acids is 1. The summed E-state index contributed by atoms with van der Waals surface area (Å²) in [5.74, 6) is -0.291. The molecular weight excluding hydrogens is 272 g/mol. The molecule has 3 rings (SSSR count). The molecule has 100 valence electrons. The van der Waals surface area contributed by atoms with Gasteiger partial charge in [-0.25, -0.2) is 9.97 Å². The first-order valence-corrected chi connectivity index (χ1v) is 7.24. The summed E-state index contributed by atoms with van der Waals surface area (Å²) in [6.45, 7) is 0. The number of pyridine rings is 1. The minimum Gasteiger partial charge on any atom is -0.296 e. The van der Waals surface area contributed by atoms with E-state index in [9.17, 15) is 4.79 Å². The lowest BCUT2D eigenvalue weighted by molar-refractivity contribution is 0.102. The fourth-order valence-electron chi connectivity index (χ4n) is 2.16. The number of fused-ring (bicyclic) bond motifs is 1. The molecule has 2 aromatic heterocycles. The number of amides is 1. The number of thiazole rings is 1. The fourth-order valence-corrected chi connectivity index (χ4v) is 3.21. The lowest BCUT2D eigenvalue weighted by Crippen LogP contribution is -2.13. The summed E-state index contributed by atoms with van der Waals surface area (Å²) >= 11 is 1.54. The Morgan fingerprint density at radius 3 is 2.90 bits per heavy atom. The Bertz CT molecular complexity index is 661. The first-order valence-electron chi connectivity index (χ1n) is 6.42. The van der Waals surface area contributed by atoms with Gasteiger partial charge in [-0.2, -0.15) is 5.26 Å². The van der Waals surface area contributed by atoms with Crippen LogP contribution in [0.3, 0.4) is 0 Å². The second-order valence-electron chi connectivity index (χ2n) is 4.59. The van der Waals surface area contributed by atoms with Crippen LogP contribution in [0.5, 0.6) is 0 Å². The van der Waals surface area contributed by atoms with Crippen LogP contribution in [0.4, 0.5) is 5.13 Å². The Kier molecular flexibility index (Phi) is 3.44. The monoisotopic (exact) mass is 284 g/mol. The fraction of sp³-hybridized carbons (Fsp3) is 0.286. The van der Waals surface area contributed by atoms with Crippen LogP contribution < -0.4 is 5.32 Å². The number of nitriles is 1. The van der Waals surface area contributed by atoms with E-state index < -0.39 is 0 Å². The van der Waals surface area contributed by atoms with Crippen LogP contribution in [-0.2, 0) is 12.8 Å². The second-order valence-corrected chi connectivity index (χ2v) is 5.68. The molecule has 0 aromatic carbocycles. The van der Waals surface area contributed by atoms with Crippen molar-refractivity contribution in [3.8, 4) is 6.07 Å². The van der Waals surface area contributed by atoms with Gasteiger partial charge in [0.05, 0.1) is 11.3 Å². The summed E-state index contributed by atoms with van der Waals surface area (Å²) in [5, 5.41) is 12.1. The van der Waals surface area contributed by atoms with Crippen LogP contribution in [-0.4, -0.2) is 15.9 Å². The van der Waals surface area contributed by atoms with E-state index in [2.05, 4.69) is 15.3 Å². The highest BCUT2D eigenvalue weighted by Gasteiger charge is 2.17. The third-order valence-electron chi connectivity index (χ3n) is 3.19. The van der Waals surface area contributed by atoms with Gasteiger partial charge in [0.15, 0.2) is 5.13 Å². The minimum atomic E-state index is -0.291. The zero-order valence-electron chi connectivity index (χ0n) is 10.7. The largest absolute Gasteiger partial charge is 0.296 e. The molecule has 0 saturated carbocycles. The van der Waals surface area contributed by atoms with E-state index in [0.29, 0.717) is 10.7 Å². The maximum absolute atomic E-state index is 12.0. The SMILES string of the molecule is N#Cc1ccc(C(=O)Nc2nc3c(s2)CCCC3)nc1. The predicted molar refractivity (Wildman–Crippen MR) is 75.7 cm³/mol. The Labute approximate surface area is 120 Å². The van der Waals surface area contributed by atoms with Crippen LogP contribution in [0, 0.1) is 11.3 Å². The number of nitrogens with one attached hydrogen (secondary N) is 1. The number of hydrogen-bond acceptors (Lipinski definition) is 5. The average molecular weight is 284 g/mol. The molecule has 6 heteroatoms. The summed E-state index contributed by atoms with van der Waals surface area (Å²) in [5.41, 5.74) is 1.84. The topological polar surface area (TPSA) is 78.7 Å². The van der Waals surface area contributed by atoms with Crippen molar-refractivity contribution < 1.29 is 4.79 Å². The van der Waals surface area contributed by atoms with Crippen molar-refractivity contribution in [2.45, 2.75) is 25.7 Å². The van der Waals surface area contributed by atoms with Crippen molar-refractivity contribution in [1.29, 1.82) is 5.26 Å². The summed E-state index contributed by atoms with van der Waals surface area (Å²) in [7, 11) is 0. The Morgan fingerprint density at radius 1 is 1.35 bits per heavy atom. The Morgan fingerprint density at radius 2 is 2.20 bits per heavy atom. The van der Waals surface area contributed by atoms with Gasteiger partial charge >= 0.3 is 0 Å². The van der Waals surface area contributed by atoms with Crippen molar-refractivity contribution in [2.24, 2.45) is 0 Å². The third kappa shape index (κ3) is 2.53. The number of aromatic nitrogens is 2. The maximum Gasteiger partial charge on any atom is 0.276 e. The summed E-state index contributed by atoms with van der Waals surface area (Å²) in [6, 6.07) is 5.09. The third-order valence-corrected chi connectivity index (χ3v) is 4.26. The molecule has 0 bridgehead atoms. The standard InChI is InChI=1S/C14H12N4OS/c15-7-9-5-6-11(16-8-9)13(19)18-14-17-10-3-1-2-4-12(10)20-14/h5-6,8H,1-4H2,(H,17,18,19). The van der Waals surface area contributed by atoms with E-state index in [1.54, 1.807) is 23.5 Å². The number of hydrogen-bond donors (Lipinski definition) is 1. The van der Waals surface area contributed by atoms with Crippen molar-refractivity contribution in [3.63, 3.8) is 0 Å². The molecule has 1 aliphatic carbocycles. The molecule has 5 nitrogen and oxygen atoms in total. The van der Waals surface area contributed by atoms with Gasteiger partial charge in [-0.1, -0.05) is 0 Å². The number of aryl methyl sites for hydroxylation is 2. The van der Waals surface area contributed by atoms with Crippen LogP contribution in [0.15, 0.2) is 18.3 Å². The second kappa shape index (κ2) is 5.39. The molecule has 1 amide bonds. The van der Waals surface area contributed by atoms with Gasteiger partial charge in [-0.15, -0.1) is 11.3 Å². The van der Waals surface area contributed by atoms with E-state index >= 15 is 0 Å². The smallest absolute Gasteiger partial charge is 0.276 e. The molecule has 2 aromatic rings. The molecule has 1 aliphatic rings. The summed E-state index contributed by atoms with van der Waals surface area (Å²) < 4.78 is 0. The van der Waals surface area contributed by atoms with Gasteiger partial charge < -0.3 is 0 Å². The van der Waals surface area contributed by atoms with Crippen LogP contribution in [0.2, 0.25) is 0 Å². The van der Waals surface area contributed by atoms with Crippen LogP contribution >= 0.6 is 11.3 Å². The highest BCUT2D eigenvalue weighted by atomic mass is 32.1. The van der Waals surface area contributed by atoms with Gasteiger partial charge in [0.1, 0.15) is 11.8 Å². The molecule has 0 radical (unpaired) electrons. The van der Waals surface area contributed by atoms with Gasteiger partial charge in [0.25, 0.3) is 5.91 Å². The first-order chi connectivity index (χ1) is 9.76. The number of rotatable bonds is 2. The molecule has 0 spiro atoms. The van der Waals surface area contributed by atoms with Crippen molar-refractivity contribution in [1.82, 2.24) is 9.97 Å². The average Bonchev–Trinajstić information content (AvgIpc) is 2.89. The first kappa shape index (κ1) is 12.8. The highest BCUT2D eigenvalue weighted by molar-refractivity contribution is 7.15. The molecule has 0 aliphatic heterocycles. The van der Waals surface area contributed by atoms with Gasteiger partial charge in [-0.05, 0) is 37.8 Å². The van der Waals surface area contributed by atoms with E-state index in [0.717, 1.165) is 18.5 Å². The quantitative estimate of drug-likeness (QED) is 0.919. The van der Waals surface area contributed by atoms with E-state index in [1.807, 2.05) is 6.07 Å². The molecule has 0 saturated heterocycles. The summed E-state index contributed by atoms with van der Waals surface area (Å²) in [4.78, 5) is 21.7. The van der Waals surface area contributed by atoms with E-state index in [-0.39, 0.29) is 11.6 Å². The van der Waals surface area contributed by atoms with E-state index in [4.69, 9.17) is 5.26 Å². The van der Waals surface area contributed by atoms with Crippen LogP contribution in [0.25, 0.3) is 0 Å². The molecule has 20 heavy (non-hydrogen) atoms. The van der Waals surface area contributed by atoms with Gasteiger partial charge in [-0.3, -0.25) is 10.1 Å². The lowest BCUT2D eigenvalue weighted by atomic mass is 10.0. The Balaban J connectivity index is 1.75. The molecular formula is C14H12N4OS. The number of nitrogens with zero attached hydrogens (tertiary/aromatic N) is 3. The van der Waals surface area contributed by atoms with Gasteiger partial charge in [0, 0.05) is 11.1 Å². The maximum atomic E-state index is 12.0. The van der Waals surface area contributed by atoms with Gasteiger partial charge in [0.2, 0.25) is 0 Å². The predicted octanol–water partition coefficient (Wildman–Crippen LogP) is 2.54. The highest BCUT2D eigenvalue weighted by Crippen LogP contribution is 2.29. The van der Waals surface area contributed by atoms with Crippen LogP contribution in [0.1, 0.15) is 39.5 Å². The molecule has 0 unspecified atom stereocenters. The number of anilines is 1. The number of carbonyl (C=O) groups is 1. The van der Waals surface area contributed by atoms with Crippen molar-refractivity contribution in [2.75, 3.05) is 5.32 Å². The molecule has 2 heterocycles. The molecule has 1 N–H and O–H groups in total. The summed E-state index contributed by atoms with van der Waals surface area (Å²) in [6.07, 6.45) is 5.80. The zero-order chi connectivity index (χ0) is 13.9. The lowest BCUT2D eigenvalue weighted by Gasteiger charge is -2.06. The Hall–Kier alpha value is -2.26. The van der Waals surface area contributed by atoms with Crippen molar-refractivity contribution >= 4 is 22.4 Å².